The van der Waals surface area contributed by atoms with E-state index in [0.717, 1.165) is 6.07 Å². The molecule has 3 rings (SSSR count). The van der Waals surface area contributed by atoms with Gasteiger partial charge in [0.05, 0.1) is 31.8 Å². The van der Waals surface area contributed by atoms with Crippen molar-refractivity contribution in [3.8, 4) is 0 Å². The molecule has 1 unspecified atom stereocenters. The van der Waals surface area contributed by atoms with Gasteiger partial charge in [-0.05, 0) is 30.5 Å². The van der Waals surface area contributed by atoms with Crippen molar-refractivity contribution in [2.45, 2.75) is 31.3 Å². The van der Waals surface area contributed by atoms with Gasteiger partial charge >= 0.3 is 5.97 Å². The number of nitrogens with zero attached hydrogens (tertiary/aromatic N) is 2. The van der Waals surface area contributed by atoms with E-state index in [1.165, 1.54) is 18.2 Å². The van der Waals surface area contributed by atoms with E-state index in [4.69, 9.17) is 14.3 Å². The third kappa shape index (κ3) is 4.41. The smallest absolute Gasteiger partial charge is 0.311 e. The van der Waals surface area contributed by atoms with Crippen LogP contribution in [-0.4, -0.2) is 67.9 Å². The lowest BCUT2D eigenvalue weighted by atomic mass is 9.77. The SMILES string of the molecule is COCCON1C(=O)CC(C(=O)OC)C12CCN(Cc1ccc(F)c(F)c1)CC2. The number of hydrogen-bond donors (Lipinski definition) is 0. The van der Waals surface area contributed by atoms with Crippen LogP contribution in [0.2, 0.25) is 0 Å². The van der Waals surface area contributed by atoms with Gasteiger partial charge in [-0.2, -0.15) is 0 Å². The van der Waals surface area contributed by atoms with Crippen molar-refractivity contribution < 1.29 is 32.7 Å². The minimum atomic E-state index is -0.874. The Bertz CT molecular complexity index is 752. The highest BCUT2D eigenvalue weighted by Crippen LogP contribution is 2.44. The Morgan fingerprint density at radius 2 is 1.90 bits per heavy atom. The molecule has 0 aromatic heterocycles. The molecule has 2 aliphatic rings. The molecule has 1 spiro atoms. The van der Waals surface area contributed by atoms with Crippen molar-refractivity contribution in [1.29, 1.82) is 0 Å². The van der Waals surface area contributed by atoms with Crippen LogP contribution in [0.4, 0.5) is 8.78 Å². The molecule has 0 N–H and O–H groups in total. The highest BCUT2D eigenvalue weighted by Gasteiger charge is 2.58. The van der Waals surface area contributed by atoms with Gasteiger partial charge in [-0.15, -0.1) is 0 Å². The van der Waals surface area contributed by atoms with Gasteiger partial charge < -0.3 is 9.47 Å². The summed E-state index contributed by atoms with van der Waals surface area (Å²) >= 11 is 0. The number of rotatable bonds is 7. The predicted octanol–water partition coefficient (Wildman–Crippen LogP) is 1.90. The molecule has 7 nitrogen and oxygen atoms in total. The summed E-state index contributed by atoms with van der Waals surface area (Å²) in [6, 6.07) is 3.86. The number of benzene rings is 1. The predicted molar refractivity (Wildman–Crippen MR) is 98.4 cm³/mol. The standard InChI is InChI=1S/C20H26F2N2O5/c1-27-9-10-29-24-18(25)12-15(19(26)28-2)20(24)5-7-23(8-6-20)13-14-3-4-16(21)17(22)11-14/h3-4,11,15H,5-10,12-13H2,1-2H3. The van der Waals surface area contributed by atoms with Crippen molar-refractivity contribution in [2.24, 2.45) is 5.92 Å². The molecule has 1 atom stereocenters. The van der Waals surface area contributed by atoms with E-state index in [9.17, 15) is 18.4 Å². The fourth-order valence-corrected chi connectivity index (χ4v) is 4.24. The van der Waals surface area contributed by atoms with E-state index >= 15 is 0 Å². The van der Waals surface area contributed by atoms with Crippen molar-refractivity contribution >= 4 is 11.9 Å². The first kappa shape index (κ1) is 21.6. The Balaban J connectivity index is 1.72. The minimum Gasteiger partial charge on any atom is -0.469 e. The Morgan fingerprint density at radius 3 is 2.52 bits per heavy atom. The van der Waals surface area contributed by atoms with Crippen LogP contribution in [0.5, 0.6) is 0 Å². The first-order valence-corrected chi connectivity index (χ1v) is 9.60. The van der Waals surface area contributed by atoms with Crippen molar-refractivity contribution in [2.75, 3.05) is 40.5 Å². The number of halogens is 2. The summed E-state index contributed by atoms with van der Waals surface area (Å²) in [5.74, 6) is -3.02. The third-order valence-corrected chi connectivity index (χ3v) is 5.76. The number of ether oxygens (including phenoxy) is 2. The number of methoxy groups -OCH3 is 2. The number of likely N-dealkylation sites (tertiary alicyclic amines) is 1. The molecule has 0 saturated carbocycles. The summed E-state index contributed by atoms with van der Waals surface area (Å²) in [6.07, 6.45) is 1.06. The Kier molecular flexibility index (Phi) is 6.81. The normalized spacial score (nSPS) is 21.7. The Labute approximate surface area is 168 Å². The number of hydrogen-bond acceptors (Lipinski definition) is 6. The van der Waals surface area contributed by atoms with Crippen LogP contribution in [0.3, 0.4) is 0 Å². The summed E-state index contributed by atoms with van der Waals surface area (Å²) in [4.78, 5) is 32.7. The lowest BCUT2D eigenvalue weighted by molar-refractivity contribution is -0.227. The van der Waals surface area contributed by atoms with Gasteiger partial charge in [0.25, 0.3) is 0 Å². The number of carbonyl (C=O) groups is 2. The molecule has 2 fully saturated rings. The topological polar surface area (TPSA) is 68.3 Å². The van der Waals surface area contributed by atoms with Crippen LogP contribution in [0, 0.1) is 17.6 Å². The van der Waals surface area contributed by atoms with Crippen LogP contribution in [-0.2, 0) is 30.4 Å². The molecule has 2 saturated heterocycles. The van der Waals surface area contributed by atoms with E-state index in [1.54, 1.807) is 13.2 Å². The maximum atomic E-state index is 13.5. The van der Waals surface area contributed by atoms with Crippen molar-refractivity contribution in [3.63, 3.8) is 0 Å². The highest BCUT2D eigenvalue weighted by molar-refractivity contribution is 5.88. The Morgan fingerprint density at radius 1 is 1.17 bits per heavy atom. The van der Waals surface area contributed by atoms with E-state index in [0.29, 0.717) is 44.6 Å². The van der Waals surface area contributed by atoms with Gasteiger partial charge in [0, 0.05) is 33.2 Å². The van der Waals surface area contributed by atoms with E-state index in [-0.39, 0.29) is 18.9 Å². The number of amides is 1. The van der Waals surface area contributed by atoms with Crippen LogP contribution in [0.1, 0.15) is 24.8 Å². The Hall–Kier alpha value is -2.10. The first-order chi connectivity index (χ1) is 13.9. The second kappa shape index (κ2) is 9.15. The molecule has 0 bridgehead atoms. The molecule has 0 aliphatic carbocycles. The number of carbonyl (C=O) groups excluding carboxylic acids is 2. The molecule has 29 heavy (non-hydrogen) atoms. The highest BCUT2D eigenvalue weighted by atomic mass is 19.2. The third-order valence-electron chi connectivity index (χ3n) is 5.76. The summed E-state index contributed by atoms with van der Waals surface area (Å²) in [6.45, 7) is 2.13. The lowest BCUT2D eigenvalue weighted by Gasteiger charge is -2.45. The second-order valence-electron chi connectivity index (χ2n) is 7.42. The largest absolute Gasteiger partial charge is 0.469 e. The van der Waals surface area contributed by atoms with Crippen molar-refractivity contribution in [3.05, 3.63) is 35.4 Å². The second-order valence-corrected chi connectivity index (χ2v) is 7.42. The zero-order chi connectivity index (χ0) is 21.0. The van der Waals surface area contributed by atoms with Gasteiger partial charge in [0.1, 0.15) is 0 Å². The zero-order valence-corrected chi connectivity index (χ0v) is 16.7. The first-order valence-electron chi connectivity index (χ1n) is 9.60. The molecular weight excluding hydrogens is 386 g/mol. The fourth-order valence-electron chi connectivity index (χ4n) is 4.24. The summed E-state index contributed by atoms with van der Waals surface area (Å²) in [5, 5.41) is 1.35. The molecule has 9 heteroatoms. The van der Waals surface area contributed by atoms with Gasteiger partial charge in [0.15, 0.2) is 11.6 Å². The van der Waals surface area contributed by atoms with Crippen LogP contribution in [0.25, 0.3) is 0 Å². The molecule has 1 aromatic carbocycles. The maximum Gasteiger partial charge on any atom is 0.311 e. The van der Waals surface area contributed by atoms with E-state index < -0.39 is 29.1 Å². The molecule has 2 aliphatic heterocycles. The number of hydroxylamine groups is 2. The van der Waals surface area contributed by atoms with Gasteiger partial charge in [-0.25, -0.2) is 13.8 Å². The van der Waals surface area contributed by atoms with Gasteiger partial charge in [-0.1, -0.05) is 6.07 Å². The van der Waals surface area contributed by atoms with Crippen LogP contribution < -0.4 is 0 Å². The van der Waals surface area contributed by atoms with Gasteiger partial charge in [-0.3, -0.25) is 19.3 Å². The summed E-state index contributed by atoms with van der Waals surface area (Å²) < 4.78 is 36.6. The monoisotopic (exact) mass is 412 g/mol. The number of esters is 1. The average molecular weight is 412 g/mol. The lowest BCUT2D eigenvalue weighted by Crippen LogP contribution is -2.57. The maximum absolute atomic E-state index is 13.5. The van der Waals surface area contributed by atoms with Crippen LogP contribution in [0.15, 0.2) is 18.2 Å². The fraction of sp³-hybridized carbons (Fsp3) is 0.600. The molecule has 2 heterocycles. The van der Waals surface area contributed by atoms with E-state index in [1.807, 2.05) is 0 Å². The van der Waals surface area contributed by atoms with Crippen molar-refractivity contribution in [1.82, 2.24) is 9.96 Å². The quantitative estimate of drug-likeness (QED) is 0.503. The van der Waals surface area contributed by atoms with E-state index in [2.05, 4.69) is 4.90 Å². The average Bonchev–Trinajstić information content (AvgIpc) is 2.98. The molecular formula is C20H26F2N2O5. The molecule has 160 valence electrons. The molecule has 1 amide bonds. The molecule has 1 aromatic rings. The zero-order valence-electron chi connectivity index (χ0n) is 16.7. The van der Waals surface area contributed by atoms with Gasteiger partial charge in [0.2, 0.25) is 5.91 Å². The number of piperidine rings is 1. The molecule has 0 radical (unpaired) electrons. The summed E-state index contributed by atoms with van der Waals surface area (Å²) in [7, 11) is 2.85. The van der Waals surface area contributed by atoms with Crippen LogP contribution >= 0.6 is 0 Å². The summed E-state index contributed by atoms with van der Waals surface area (Å²) in [5.41, 5.74) is -0.109. The minimum absolute atomic E-state index is 0.0445.